The van der Waals surface area contributed by atoms with Crippen molar-refractivity contribution in [2.24, 2.45) is 18.3 Å². The number of halogens is 1. The van der Waals surface area contributed by atoms with Gasteiger partial charge in [-0.15, -0.1) is 0 Å². The SMILES string of the molecule is Cc1nn(C)c(CC(NN)C2(C)CCCCC2)c1Cl. The van der Waals surface area contributed by atoms with Gasteiger partial charge in [0.2, 0.25) is 0 Å². The van der Waals surface area contributed by atoms with E-state index < -0.39 is 0 Å². The van der Waals surface area contributed by atoms with Crippen LogP contribution in [0.3, 0.4) is 0 Å². The first-order valence-corrected chi connectivity index (χ1v) is 7.50. The van der Waals surface area contributed by atoms with Crippen molar-refractivity contribution in [3.8, 4) is 0 Å². The van der Waals surface area contributed by atoms with E-state index in [0.717, 1.165) is 22.8 Å². The fourth-order valence-electron chi connectivity index (χ4n) is 3.31. The van der Waals surface area contributed by atoms with Gasteiger partial charge in [-0.1, -0.05) is 37.8 Å². The molecule has 4 nitrogen and oxygen atoms in total. The number of aromatic nitrogens is 2. The monoisotopic (exact) mass is 284 g/mol. The smallest absolute Gasteiger partial charge is 0.0847 e. The minimum absolute atomic E-state index is 0.250. The van der Waals surface area contributed by atoms with Crippen LogP contribution in [0.25, 0.3) is 0 Å². The first kappa shape index (κ1) is 14.8. The Kier molecular flexibility index (Phi) is 4.54. The summed E-state index contributed by atoms with van der Waals surface area (Å²) in [5, 5.41) is 5.16. The summed E-state index contributed by atoms with van der Waals surface area (Å²) < 4.78 is 1.88. The van der Waals surface area contributed by atoms with Crippen LogP contribution in [0, 0.1) is 12.3 Å². The molecule has 5 heteroatoms. The molecule has 0 bridgehead atoms. The lowest BCUT2D eigenvalue weighted by Crippen LogP contribution is -2.49. The van der Waals surface area contributed by atoms with E-state index in [1.165, 1.54) is 32.1 Å². The van der Waals surface area contributed by atoms with Crippen molar-refractivity contribution in [3.63, 3.8) is 0 Å². The van der Waals surface area contributed by atoms with Gasteiger partial charge in [0.05, 0.1) is 16.4 Å². The lowest BCUT2D eigenvalue weighted by Gasteiger charge is -2.40. The molecule has 2 rings (SSSR count). The average Bonchev–Trinajstić information content (AvgIpc) is 2.62. The van der Waals surface area contributed by atoms with Crippen LogP contribution in [-0.2, 0) is 13.5 Å². The van der Waals surface area contributed by atoms with E-state index in [0.29, 0.717) is 0 Å². The highest BCUT2D eigenvalue weighted by atomic mass is 35.5. The summed E-state index contributed by atoms with van der Waals surface area (Å²) >= 11 is 6.35. The topological polar surface area (TPSA) is 55.9 Å². The molecule has 1 saturated carbocycles. The Hall–Kier alpha value is -0.580. The van der Waals surface area contributed by atoms with Gasteiger partial charge in [-0.2, -0.15) is 5.10 Å². The first-order valence-electron chi connectivity index (χ1n) is 7.12. The van der Waals surface area contributed by atoms with Crippen molar-refractivity contribution in [2.75, 3.05) is 0 Å². The predicted molar refractivity (Wildman–Crippen MR) is 79.0 cm³/mol. The van der Waals surface area contributed by atoms with Crippen LogP contribution in [0.15, 0.2) is 0 Å². The normalized spacial score (nSPS) is 20.5. The first-order chi connectivity index (χ1) is 8.98. The lowest BCUT2D eigenvalue weighted by molar-refractivity contribution is 0.142. The minimum Gasteiger partial charge on any atom is -0.271 e. The van der Waals surface area contributed by atoms with Crippen LogP contribution in [0.5, 0.6) is 0 Å². The highest BCUT2D eigenvalue weighted by Crippen LogP contribution is 2.40. The van der Waals surface area contributed by atoms with E-state index in [-0.39, 0.29) is 11.5 Å². The van der Waals surface area contributed by atoms with E-state index in [1.807, 2.05) is 18.7 Å². The number of hydrazine groups is 1. The summed E-state index contributed by atoms with van der Waals surface area (Å²) in [4.78, 5) is 0. The Morgan fingerprint density at radius 2 is 2.05 bits per heavy atom. The molecule has 108 valence electrons. The highest BCUT2D eigenvalue weighted by molar-refractivity contribution is 6.31. The van der Waals surface area contributed by atoms with Gasteiger partial charge in [-0.25, -0.2) is 0 Å². The van der Waals surface area contributed by atoms with Gasteiger partial charge >= 0.3 is 0 Å². The second-order valence-corrected chi connectivity index (χ2v) is 6.49. The largest absolute Gasteiger partial charge is 0.271 e. The number of nitrogens with two attached hydrogens (primary N) is 1. The molecular formula is C14H25ClN4. The third-order valence-electron chi connectivity index (χ3n) is 4.70. The number of nitrogens with zero attached hydrogens (tertiary/aromatic N) is 2. The number of rotatable bonds is 4. The molecule has 0 saturated heterocycles. The summed E-state index contributed by atoms with van der Waals surface area (Å²) in [5.74, 6) is 5.82. The fraction of sp³-hybridized carbons (Fsp3) is 0.786. The van der Waals surface area contributed by atoms with Crippen LogP contribution < -0.4 is 11.3 Å². The zero-order chi connectivity index (χ0) is 14.0. The van der Waals surface area contributed by atoms with E-state index >= 15 is 0 Å². The van der Waals surface area contributed by atoms with E-state index in [4.69, 9.17) is 17.4 Å². The molecule has 1 fully saturated rings. The van der Waals surface area contributed by atoms with Gasteiger partial charge in [0, 0.05) is 19.5 Å². The van der Waals surface area contributed by atoms with Crippen molar-refractivity contribution in [1.29, 1.82) is 0 Å². The standard InChI is InChI=1S/C14H25ClN4/c1-10-13(15)11(19(3)18-10)9-12(17-16)14(2)7-5-4-6-8-14/h12,17H,4-9,16H2,1-3H3. The van der Waals surface area contributed by atoms with Gasteiger partial charge in [0.25, 0.3) is 0 Å². The molecule has 19 heavy (non-hydrogen) atoms. The second kappa shape index (κ2) is 5.81. The Morgan fingerprint density at radius 1 is 1.42 bits per heavy atom. The van der Waals surface area contributed by atoms with Crippen LogP contribution in [0.1, 0.15) is 50.4 Å². The molecule has 0 amide bonds. The molecule has 0 spiro atoms. The molecule has 1 aliphatic carbocycles. The van der Waals surface area contributed by atoms with Crippen LogP contribution >= 0.6 is 11.6 Å². The molecule has 0 radical (unpaired) electrons. The van der Waals surface area contributed by atoms with E-state index in [2.05, 4.69) is 17.4 Å². The number of hydrogen-bond acceptors (Lipinski definition) is 3. The Bertz CT molecular complexity index is 435. The molecule has 0 aliphatic heterocycles. The molecular weight excluding hydrogens is 260 g/mol. The molecule has 1 unspecified atom stereocenters. The molecule has 1 aromatic heterocycles. The van der Waals surface area contributed by atoms with Crippen molar-refractivity contribution < 1.29 is 0 Å². The Balaban J connectivity index is 2.18. The summed E-state index contributed by atoms with van der Waals surface area (Å²) in [6.07, 6.45) is 7.24. The van der Waals surface area contributed by atoms with Crippen LogP contribution in [0.4, 0.5) is 0 Å². The molecule has 1 atom stereocenters. The fourth-order valence-corrected chi connectivity index (χ4v) is 3.55. The maximum absolute atomic E-state index is 6.35. The quantitative estimate of drug-likeness (QED) is 0.660. The predicted octanol–water partition coefficient (Wildman–Crippen LogP) is 2.73. The van der Waals surface area contributed by atoms with Gasteiger partial charge in [0.1, 0.15) is 0 Å². The summed E-state index contributed by atoms with van der Waals surface area (Å²) in [6.45, 7) is 4.28. The van der Waals surface area contributed by atoms with Crippen molar-refractivity contribution >= 4 is 11.6 Å². The van der Waals surface area contributed by atoms with Crippen LogP contribution in [-0.4, -0.2) is 15.8 Å². The molecule has 1 aliphatic rings. The Morgan fingerprint density at radius 3 is 2.53 bits per heavy atom. The molecule has 1 heterocycles. The average molecular weight is 285 g/mol. The summed E-state index contributed by atoms with van der Waals surface area (Å²) in [6, 6.07) is 0.250. The van der Waals surface area contributed by atoms with Crippen molar-refractivity contribution in [3.05, 3.63) is 16.4 Å². The second-order valence-electron chi connectivity index (χ2n) is 6.11. The van der Waals surface area contributed by atoms with Gasteiger partial charge in [-0.3, -0.25) is 16.0 Å². The van der Waals surface area contributed by atoms with E-state index in [1.54, 1.807) is 0 Å². The van der Waals surface area contributed by atoms with Crippen LogP contribution in [0.2, 0.25) is 5.02 Å². The van der Waals surface area contributed by atoms with E-state index in [9.17, 15) is 0 Å². The number of hydrogen-bond donors (Lipinski definition) is 2. The minimum atomic E-state index is 0.250. The summed E-state index contributed by atoms with van der Waals surface area (Å²) in [5.41, 5.74) is 5.25. The van der Waals surface area contributed by atoms with Gasteiger partial charge in [-0.05, 0) is 25.2 Å². The third-order valence-corrected chi connectivity index (χ3v) is 5.19. The van der Waals surface area contributed by atoms with Gasteiger partial charge in [0.15, 0.2) is 0 Å². The number of aryl methyl sites for hydroxylation is 2. The lowest BCUT2D eigenvalue weighted by atomic mass is 9.69. The Labute approximate surface area is 120 Å². The third kappa shape index (κ3) is 2.96. The van der Waals surface area contributed by atoms with Crippen molar-refractivity contribution in [2.45, 2.75) is 58.4 Å². The number of nitrogens with one attached hydrogen (secondary N) is 1. The zero-order valence-corrected chi connectivity index (χ0v) is 12.9. The van der Waals surface area contributed by atoms with Gasteiger partial charge < -0.3 is 0 Å². The highest BCUT2D eigenvalue weighted by Gasteiger charge is 2.35. The maximum Gasteiger partial charge on any atom is 0.0847 e. The molecule has 1 aromatic rings. The maximum atomic E-state index is 6.35. The molecule has 3 N–H and O–H groups in total. The van der Waals surface area contributed by atoms with Crippen molar-refractivity contribution in [1.82, 2.24) is 15.2 Å². The zero-order valence-electron chi connectivity index (χ0n) is 12.2. The summed E-state index contributed by atoms with van der Waals surface area (Å²) in [7, 11) is 1.95. The molecule has 0 aromatic carbocycles.